The molecule has 0 amide bonds. The van der Waals surface area contributed by atoms with Crippen molar-refractivity contribution >= 4 is 39.5 Å². The molecular weight excluding hydrogens is 484 g/mol. The van der Waals surface area contributed by atoms with Crippen LogP contribution >= 0.6 is 39.5 Å². The van der Waals surface area contributed by atoms with Crippen LogP contribution < -0.4 is 0 Å². The van der Waals surface area contributed by atoms with Gasteiger partial charge in [-0.3, -0.25) is 0 Å². The number of aromatic nitrogens is 4. The van der Waals surface area contributed by atoms with Crippen molar-refractivity contribution in [3.05, 3.63) is 57.7 Å². The van der Waals surface area contributed by atoms with E-state index in [0.717, 1.165) is 10.2 Å². The van der Waals surface area contributed by atoms with E-state index >= 15 is 0 Å². The van der Waals surface area contributed by atoms with Crippen LogP contribution in [0.5, 0.6) is 0 Å². The highest BCUT2D eigenvalue weighted by Gasteiger charge is 2.60. The molecule has 1 saturated carbocycles. The maximum absolute atomic E-state index is 5.91. The summed E-state index contributed by atoms with van der Waals surface area (Å²) < 4.78 is 12.7. The van der Waals surface area contributed by atoms with Gasteiger partial charge in [0.05, 0.1) is 5.75 Å². The van der Waals surface area contributed by atoms with E-state index in [1.807, 2.05) is 12.1 Å². The molecule has 2 aromatic heterocycles. The Morgan fingerprint density at radius 3 is 2.40 bits per heavy atom. The van der Waals surface area contributed by atoms with Gasteiger partial charge < -0.3 is 8.83 Å². The van der Waals surface area contributed by atoms with E-state index in [9.17, 15) is 0 Å². The van der Waals surface area contributed by atoms with Gasteiger partial charge in [0, 0.05) is 16.1 Å². The Balaban J connectivity index is 1.30. The van der Waals surface area contributed by atoms with Crippen LogP contribution in [0.2, 0.25) is 0 Å². The molecule has 2 atom stereocenters. The van der Waals surface area contributed by atoms with Gasteiger partial charge in [-0.2, -0.15) is 0 Å². The standard InChI is InChI=1S/C21H23BrN4O2S2/c1-12(2)9-15-17(21(15,3)4)18-24-26-20(28-18)30-11-16-23-25-19(27-16)29-10-13-5-7-14(22)8-6-13/h5-9,15,17H,10-11H2,1-4H3/t15-,17+/m1/s1. The van der Waals surface area contributed by atoms with Crippen molar-refractivity contribution in [2.45, 2.75) is 55.6 Å². The lowest BCUT2D eigenvalue weighted by atomic mass is 10.1. The largest absolute Gasteiger partial charge is 0.416 e. The fraction of sp³-hybridized carbons (Fsp3) is 0.429. The highest BCUT2D eigenvalue weighted by molar-refractivity contribution is 9.10. The number of halogens is 1. The molecule has 2 heterocycles. The van der Waals surface area contributed by atoms with E-state index in [1.54, 1.807) is 0 Å². The molecule has 3 aromatic rings. The van der Waals surface area contributed by atoms with Crippen molar-refractivity contribution in [1.29, 1.82) is 0 Å². The van der Waals surface area contributed by atoms with Crippen molar-refractivity contribution in [3.63, 3.8) is 0 Å². The Morgan fingerprint density at radius 2 is 1.67 bits per heavy atom. The number of hydrogen-bond acceptors (Lipinski definition) is 8. The second-order valence-electron chi connectivity index (χ2n) is 8.14. The monoisotopic (exact) mass is 506 g/mol. The van der Waals surface area contributed by atoms with Crippen LogP contribution in [0.25, 0.3) is 0 Å². The summed E-state index contributed by atoms with van der Waals surface area (Å²) in [5.41, 5.74) is 2.67. The van der Waals surface area contributed by atoms with Gasteiger partial charge in [0.2, 0.25) is 11.8 Å². The van der Waals surface area contributed by atoms with Gasteiger partial charge in [0.1, 0.15) is 0 Å². The number of nitrogens with zero attached hydrogens (tertiary/aromatic N) is 4. The van der Waals surface area contributed by atoms with Gasteiger partial charge in [0.25, 0.3) is 10.4 Å². The third-order valence-corrected chi connectivity index (χ3v) is 7.38. The first kappa shape index (κ1) is 21.6. The SMILES string of the molecule is CC(C)=C[C@@H]1[C@@H](c2nnc(SCc3nnc(SCc4ccc(Br)cc4)o3)o2)C1(C)C. The molecule has 30 heavy (non-hydrogen) atoms. The van der Waals surface area contributed by atoms with E-state index in [4.69, 9.17) is 8.83 Å². The first-order valence-electron chi connectivity index (χ1n) is 9.64. The number of benzene rings is 1. The predicted octanol–water partition coefficient (Wildman–Crippen LogP) is 6.51. The van der Waals surface area contributed by atoms with Crippen molar-refractivity contribution < 1.29 is 8.83 Å². The van der Waals surface area contributed by atoms with Crippen LogP contribution in [0.1, 0.15) is 51.0 Å². The summed E-state index contributed by atoms with van der Waals surface area (Å²) in [6.45, 7) is 8.72. The minimum Gasteiger partial charge on any atom is -0.416 e. The van der Waals surface area contributed by atoms with E-state index in [2.05, 4.69) is 82.2 Å². The molecule has 0 spiro atoms. The minimum atomic E-state index is 0.152. The van der Waals surface area contributed by atoms with Crippen LogP contribution in [0, 0.1) is 11.3 Å². The normalized spacial score (nSPS) is 19.6. The van der Waals surface area contributed by atoms with Crippen molar-refractivity contribution in [1.82, 2.24) is 20.4 Å². The predicted molar refractivity (Wildman–Crippen MR) is 121 cm³/mol. The molecule has 0 radical (unpaired) electrons. The summed E-state index contributed by atoms with van der Waals surface area (Å²) in [7, 11) is 0. The summed E-state index contributed by atoms with van der Waals surface area (Å²) in [5, 5.41) is 17.8. The molecule has 6 nitrogen and oxygen atoms in total. The summed E-state index contributed by atoms with van der Waals surface area (Å²) in [6.07, 6.45) is 2.30. The van der Waals surface area contributed by atoms with E-state index < -0.39 is 0 Å². The number of allylic oxidation sites excluding steroid dienone is 2. The lowest BCUT2D eigenvalue weighted by molar-refractivity contribution is 0.398. The fourth-order valence-electron chi connectivity index (χ4n) is 3.43. The van der Waals surface area contributed by atoms with E-state index in [1.165, 1.54) is 34.7 Å². The quantitative estimate of drug-likeness (QED) is 0.252. The number of thioether (sulfide) groups is 2. The molecule has 0 unspecified atom stereocenters. The minimum absolute atomic E-state index is 0.152. The van der Waals surface area contributed by atoms with Gasteiger partial charge in [-0.1, -0.05) is 77.1 Å². The summed E-state index contributed by atoms with van der Waals surface area (Å²) in [4.78, 5) is 0. The van der Waals surface area contributed by atoms with Crippen LogP contribution in [-0.4, -0.2) is 20.4 Å². The molecule has 4 rings (SSSR count). The molecule has 0 N–H and O–H groups in total. The van der Waals surface area contributed by atoms with Crippen LogP contribution in [0.4, 0.5) is 0 Å². The fourth-order valence-corrected chi connectivity index (χ4v) is 5.04. The Kier molecular flexibility index (Phi) is 6.41. The molecule has 1 aliphatic rings. The van der Waals surface area contributed by atoms with E-state index in [-0.39, 0.29) is 11.3 Å². The zero-order valence-corrected chi connectivity index (χ0v) is 20.5. The van der Waals surface area contributed by atoms with Gasteiger partial charge in [0.15, 0.2) is 0 Å². The maximum atomic E-state index is 5.91. The zero-order chi connectivity index (χ0) is 21.3. The number of hydrogen-bond donors (Lipinski definition) is 0. The second kappa shape index (κ2) is 8.88. The van der Waals surface area contributed by atoms with Gasteiger partial charge in [-0.15, -0.1) is 20.4 Å². The molecule has 158 valence electrons. The average Bonchev–Trinajstić information content (AvgIpc) is 3.11. The first-order chi connectivity index (χ1) is 14.3. The molecular formula is C21H23BrN4O2S2. The molecule has 0 saturated heterocycles. The first-order valence-corrected chi connectivity index (χ1v) is 12.4. The molecule has 9 heteroatoms. The van der Waals surface area contributed by atoms with Crippen LogP contribution in [0.3, 0.4) is 0 Å². The highest BCUT2D eigenvalue weighted by Crippen LogP contribution is 2.65. The topological polar surface area (TPSA) is 77.8 Å². The summed E-state index contributed by atoms with van der Waals surface area (Å²) >= 11 is 6.38. The molecule has 1 aliphatic carbocycles. The lowest BCUT2D eigenvalue weighted by Gasteiger charge is -1.98. The highest BCUT2D eigenvalue weighted by atomic mass is 79.9. The van der Waals surface area contributed by atoms with Crippen LogP contribution in [-0.2, 0) is 11.5 Å². The second-order valence-corrected chi connectivity index (χ2v) is 10.9. The van der Waals surface area contributed by atoms with Gasteiger partial charge >= 0.3 is 0 Å². The third-order valence-electron chi connectivity index (χ3n) is 5.15. The van der Waals surface area contributed by atoms with Gasteiger partial charge in [-0.25, -0.2) is 0 Å². The Labute approximate surface area is 192 Å². The molecule has 1 fully saturated rings. The average molecular weight is 507 g/mol. The molecule has 1 aromatic carbocycles. The Bertz CT molecular complexity index is 1040. The van der Waals surface area contributed by atoms with Crippen molar-refractivity contribution in [2.24, 2.45) is 11.3 Å². The smallest absolute Gasteiger partial charge is 0.277 e. The maximum Gasteiger partial charge on any atom is 0.277 e. The molecule has 0 bridgehead atoms. The van der Waals surface area contributed by atoms with E-state index in [0.29, 0.717) is 33.9 Å². The Hall–Kier alpha value is -1.58. The zero-order valence-electron chi connectivity index (χ0n) is 17.3. The van der Waals surface area contributed by atoms with Crippen molar-refractivity contribution in [2.75, 3.05) is 0 Å². The third kappa shape index (κ3) is 5.00. The van der Waals surface area contributed by atoms with Gasteiger partial charge in [-0.05, 0) is 42.9 Å². The van der Waals surface area contributed by atoms with Crippen molar-refractivity contribution in [3.8, 4) is 0 Å². The molecule has 0 aliphatic heterocycles. The summed E-state index contributed by atoms with van der Waals surface area (Å²) in [5.74, 6) is 3.26. The Morgan fingerprint density at radius 1 is 1.00 bits per heavy atom. The lowest BCUT2D eigenvalue weighted by Crippen LogP contribution is -1.90. The summed E-state index contributed by atoms with van der Waals surface area (Å²) in [6, 6.07) is 8.19. The number of rotatable bonds is 8. The van der Waals surface area contributed by atoms with Crippen LogP contribution in [0.15, 0.2) is 59.7 Å².